The number of hydrogen-bond acceptors (Lipinski definition) is 4. The fraction of sp³-hybridized carbons (Fsp3) is 0.682. The van der Waals surface area contributed by atoms with E-state index in [1.165, 1.54) is 48.2 Å². The summed E-state index contributed by atoms with van der Waals surface area (Å²) in [4.78, 5) is 15.4. The van der Waals surface area contributed by atoms with Crippen molar-refractivity contribution < 1.29 is 13.2 Å². The van der Waals surface area contributed by atoms with Gasteiger partial charge in [-0.15, -0.1) is 0 Å². The molecule has 0 aliphatic carbocycles. The molecule has 0 saturated carbocycles. The minimum atomic E-state index is -3.60. The summed E-state index contributed by atoms with van der Waals surface area (Å²) in [7, 11) is -3.60. The van der Waals surface area contributed by atoms with Crippen molar-refractivity contribution in [3.05, 3.63) is 28.8 Å². The summed E-state index contributed by atoms with van der Waals surface area (Å²) in [6.45, 7) is 6.04. The summed E-state index contributed by atoms with van der Waals surface area (Å²) in [6.07, 6.45) is 8.73. The highest BCUT2D eigenvalue weighted by atomic mass is 35.5. The van der Waals surface area contributed by atoms with Crippen LogP contribution in [-0.2, 0) is 10.0 Å². The normalized spacial score (nSPS) is 20.5. The number of sulfonamides is 1. The summed E-state index contributed by atoms with van der Waals surface area (Å²) >= 11 is 6.23. The van der Waals surface area contributed by atoms with E-state index in [-0.39, 0.29) is 21.4 Å². The highest BCUT2D eigenvalue weighted by molar-refractivity contribution is 7.89. The molecule has 3 rings (SSSR count). The molecular weight excluding hydrogens is 422 g/mol. The zero-order chi connectivity index (χ0) is 21.6. The van der Waals surface area contributed by atoms with Crippen molar-refractivity contribution in [2.45, 2.75) is 69.2 Å². The Hall–Kier alpha value is -1.15. The van der Waals surface area contributed by atoms with Crippen LogP contribution >= 0.6 is 11.6 Å². The van der Waals surface area contributed by atoms with Crippen LogP contribution in [0, 0.1) is 0 Å². The fourth-order valence-electron chi connectivity index (χ4n) is 4.30. The Morgan fingerprint density at radius 3 is 2.30 bits per heavy atom. The van der Waals surface area contributed by atoms with E-state index in [9.17, 15) is 13.2 Å². The van der Waals surface area contributed by atoms with Crippen molar-refractivity contribution in [3.8, 4) is 0 Å². The van der Waals surface area contributed by atoms with E-state index in [0.29, 0.717) is 25.7 Å². The number of piperidine rings is 1. The number of halogens is 1. The second-order valence-electron chi connectivity index (χ2n) is 8.45. The molecule has 6 nitrogen and oxygen atoms in total. The number of likely N-dealkylation sites (tertiary alicyclic amines) is 1. The average molecular weight is 456 g/mol. The minimum Gasteiger partial charge on any atom is -0.352 e. The molecule has 1 aromatic carbocycles. The number of nitrogens with one attached hydrogen (secondary N) is 1. The molecule has 8 heteroatoms. The zero-order valence-electron chi connectivity index (χ0n) is 17.9. The quantitative estimate of drug-likeness (QED) is 0.676. The average Bonchev–Trinajstić information content (AvgIpc) is 3.04. The van der Waals surface area contributed by atoms with Gasteiger partial charge < -0.3 is 10.2 Å². The van der Waals surface area contributed by atoms with Crippen LogP contribution in [0.4, 0.5) is 0 Å². The van der Waals surface area contributed by atoms with Gasteiger partial charge in [-0.05, 0) is 70.3 Å². The lowest BCUT2D eigenvalue weighted by molar-refractivity contribution is 0.0948. The van der Waals surface area contributed by atoms with Crippen LogP contribution in [0.5, 0.6) is 0 Å². The van der Waals surface area contributed by atoms with Gasteiger partial charge in [0.25, 0.3) is 5.91 Å². The summed E-state index contributed by atoms with van der Waals surface area (Å²) in [6, 6.07) is 4.82. The Kier molecular flexibility index (Phi) is 8.57. The van der Waals surface area contributed by atoms with Crippen molar-refractivity contribution in [2.24, 2.45) is 0 Å². The van der Waals surface area contributed by atoms with Crippen molar-refractivity contribution in [1.82, 2.24) is 14.5 Å². The second-order valence-corrected chi connectivity index (χ2v) is 10.8. The summed E-state index contributed by atoms with van der Waals surface area (Å²) in [5.41, 5.74) is 0.220. The summed E-state index contributed by atoms with van der Waals surface area (Å²) in [5.74, 6) is -0.321. The maximum Gasteiger partial charge on any atom is 0.252 e. The molecular formula is C22H34ClN3O3S. The molecule has 0 aromatic heterocycles. The number of amides is 1. The number of hydrogen-bond donors (Lipinski definition) is 1. The van der Waals surface area contributed by atoms with Crippen molar-refractivity contribution >= 4 is 27.5 Å². The van der Waals surface area contributed by atoms with E-state index in [4.69, 9.17) is 11.6 Å². The van der Waals surface area contributed by atoms with Crippen LogP contribution in [0.25, 0.3) is 0 Å². The monoisotopic (exact) mass is 455 g/mol. The van der Waals surface area contributed by atoms with Crippen LogP contribution in [0.15, 0.2) is 23.1 Å². The van der Waals surface area contributed by atoms with Gasteiger partial charge in [0.2, 0.25) is 10.0 Å². The van der Waals surface area contributed by atoms with Crippen LogP contribution in [0.1, 0.15) is 68.6 Å². The first-order valence-electron chi connectivity index (χ1n) is 11.2. The molecule has 0 bridgehead atoms. The van der Waals surface area contributed by atoms with Gasteiger partial charge in [-0.25, -0.2) is 8.42 Å². The van der Waals surface area contributed by atoms with Crippen LogP contribution in [-0.4, -0.2) is 62.3 Å². The van der Waals surface area contributed by atoms with Crippen molar-refractivity contribution in [3.63, 3.8) is 0 Å². The fourth-order valence-corrected chi connectivity index (χ4v) is 6.05. The molecule has 2 saturated heterocycles. The van der Waals surface area contributed by atoms with Gasteiger partial charge in [0.05, 0.1) is 15.5 Å². The minimum absolute atomic E-state index is 0.136. The predicted molar refractivity (Wildman–Crippen MR) is 121 cm³/mol. The number of nitrogens with zero attached hydrogens (tertiary/aromatic N) is 2. The van der Waals surface area contributed by atoms with Gasteiger partial charge in [0.15, 0.2) is 0 Å². The molecule has 2 fully saturated rings. The molecule has 2 aliphatic heterocycles. The lowest BCUT2D eigenvalue weighted by atomic mass is 10.1. The Morgan fingerprint density at radius 1 is 1.03 bits per heavy atom. The van der Waals surface area contributed by atoms with Gasteiger partial charge in [-0.1, -0.05) is 30.9 Å². The van der Waals surface area contributed by atoms with Crippen LogP contribution in [0.3, 0.4) is 0 Å². The molecule has 30 heavy (non-hydrogen) atoms. The molecule has 1 atom stereocenters. The molecule has 0 unspecified atom stereocenters. The summed E-state index contributed by atoms with van der Waals surface area (Å²) < 4.78 is 27.4. The van der Waals surface area contributed by atoms with Gasteiger partial charge in [-0.2, -0.15) is 4.31 Å². The van der Waals surface area contributed by atoms with Gasteiger partial charge in [0, 0.05) is 25.7 Å². The lowest BCUT2D eigenvalue weighted by Gasteiger charge is -2.27. The Morgan fingerprint density at radius 2 is 1.63 bits per heavy atom. The Balaban J connectivity index is 1.60. The first kappa shape index (κ1) is 23.5. The maximum atomic E-state index is 12.9. The number of rotatable bonds is 7. The predicted octanol–water partition coefficient (Wildman–Crippen LogP) is 3.90. The third kappa shape index (κ3) is 5.96. The largest absolute Gasteiger partial charge is 0.352 e. The third-order valence-corrected chi connectivity index (χ3v) is 8.47. The molecule has 2 aliphatic rings. The maximum absolute atomic E-state index is 12.9. The smallest absolute Gasteiger partial charge is 0.252 e. The Labute approximate surface area is 186 Å². The van der Waals surface area contributed by atoms with Crippen molar-refractivity contribution in [1.29, 1.82) is 0 Å². The van der Waals surface area contributed by atoms with E-state index < -0.39 is 10.0 Å². The zero-order valence-corrected chi connectivity index (χ0v) is 19.5. The van der Waals surface area contributed by atoms with Crippen LogP contribution < -0.4 is 5.32 Å². The number of carbonyl (C=O) groups is 1. The standard InChI is InChI=1S/C22H34ClN3O3S/c1-18(25-13-5-2-3-6-14-25)11-12-24-22(27)20-17-19(9-10-21(20)23)30(28,29)26-15-7-4-8-16-26/h9-10,17-18H,2-8,11-16H2,1H3,(H,24,27)/t18-/m1/s1. The van der Waals surface area contributed by atoms with E-state index in [0.717, 1.165) is 38.8 Å². The van der Waals surface area contributed by atoms with Gasteiger partial charge in [-0.3, -0.25) is 4.79 Å². The molecule has 0 radical (unpaired) electrons. The van der Waals surface area contributed by atoms with Crippen molar-refractivity contribution in [2.75, 3.05) is 32.7 Å². The molecule has 168 valence electrons. The van der Waals surface area contributed by atoms with E-state index in [1.54, 1.807) is 0 Å². The molecule has 0 spiro atoms. The summed E-state index contributed by atoms with van der Waals surface area (Å²) in [5, 5.41) is 3.19. The lowest BCUT2D eigenvalue weighted by Crippen LogP contribution is -2.37. The second kappa shape index (κ2) is 10.9. The Bertz CT molecular complexity index is 817. The van der Waals surface area contributed by atoms with E-state index in [2.05, 4.69) is 17.1 Å². The highest BCUT2D eigenvalue weighted by Gasteiger charge is 2.27. The van der Waals surface area contributed by atoms with Crippen LogP contribution in [0.2, 0.25) is 5.02 Å². The van der Waals surface area contributed by atoms with Gasteiger partial charge in [0.1, 0.15) is 0 Å². The SMILES string of the molecule is C[C@H](CCNC(=O)c1cc(S(=O)(=O)N2CCCCC2)ccc1Cl)N1CCCCCC1. The molecule has 2 heterocycles. The topological polar surface area (TPSA) is 69.7 Å². The molecule has 1 N–H and O–H groups in total. The molecule has 1 aromatic rings. The first-order chi connectivity index (χ1) is 14.4. The highest BCUT2D eigenvalue weighted by Crippen LogP contribution is 2.25. The van der Waals surface area contributed by atoms with Gasteiger partial charge >= 0.3 is 0 Å². The first-order valence-corrected chi connectivity index (χ1v) is 13.0. The number of carbonyl (C=O) groups excluding carboxylic acids is 1. The third-order valence-electron chi connectivity index (χ3n) is 6.25. The molecule has 1 amide bonds. The van der Waals surface area contributed by atoms with E-state index >= 15 is 0 Å². The number of benzene rings is 1. The van der Waals surface area contributed by atoms with E-state index in [1.807, 2.05) is 0 Å².